The molecule has 4 nitrogen and oxygen atoms in total. The molecule has 6 heteroatoms. The first-order valence-electron chi connectivity index (χ1n) is 6.39. The normalized spacial score (nSPS) is 22.7. The third-order valence-corrected chi connectivity index (χ3v) is 3.53. The van der Waals surface area contributed by atoms with Crippen molar-refractivity contribution in [1.82, 2.24) is 4.90 Å². The van der Waals surface area contributed by atoms with Crippen molar-refractivity contribution in [3.8, 4) is 5.75 Å². The van der Waals surface area contributed by atoms with Gasteiger partial charge in [0.2, 0.25) is 0 Å². The molecule has 1 aromatic rings. The molecule has 0 radical (unpaired) electrons. The molecule has 0 aromatic heterocycles. The van der Waals surface area contributed by atoms with Crippen molar-refractivity contribution in [2.75, 3.05) is 26.1 Å². The van der Waals surface area contributed by atoms with Crippen LogP contribution in [0.2, 0.25) is 0 Å². The van der Waals surface area contributed by atoms with Crippen molar-refractivity contribution >= 4 is 17.5 Å². The van der Waals surface area contributed by atoms with E-state index < -0.39 is 5.82 Å². The largest absolute Gasteiger partial charge is 0.494 e. The second kappa shape index (κ2) is 6.41. The zero-order valence-corrected chi connectivity index (χ0v) is 12.2. The zero-order chi connectivity index (χ0) is 14.7. The van der Waals surface area contributed by atoms with E-state index in [1.807, 2.05) is 6.92 Å². The Kier molecular flexibility index (Phi) is 4.83. The van der Waals surface area contributed by atoms with Crippen molar-refractivity contribution in [3.63, 3.8) is 0 Å². The topological polar surface area (TPSA) is 38.8 Å². The molecule has 2 atom stereocenters. The number of ether oxygens (including phenoxy) is 2. The highest BCUT2D eigenvalue weighted by molar-refractivity contribution is 6.18. The van der Waals surface area contributed by atoms with Crippen LogP contribution >= 0.6 is 11.6 Å². The van der Waals surface area contributed by atoms with E-state index in [2.05, 4.69) is 0 Å². The van der Waals surface area contributed by atoms with E-state index in [0.29, 0.717) is 24.5 Å². The number of alkyl halides is 1. The van der Waals surface area contributed by atoms with Crippen LogP contribution in [0.15, 0.2) is 18.2 Å². The summed E-state index contributed by atoms with van der Waals surface area (Å²) in [5, 5.41) is 0. The maximum Gasteiger partial charge on any atom is 0.254 e. The second-order valence-electron chi connectivity index (χ2n) is 4.78. The Labute approximate surface area is 122 Å². The number of nitrogens with zero attached hydrogens (tertiary/aromatic N) is 1. The smallest absolute Gasteiger partial charge is 0.254 e. The Morgan fingerprint density at radius 2 is 2.30 bits per heavy atom. The van der Waals surface area contributed by atoms with Gasteiger partial charge in [0.1, 0.15) is 0 Å². The van der Waals surface area contributed by atoms with Gasteiger partial charge in [0.25, 0.3) is 5.91 Å². The van der Waals surface area contributed by atoms with Gasteiger partial charge >= 0.3 is 0 Å². The van der Waals surface area contributed by atoms with E-state index in [1.165, 1.54) is 19.2 Å². The molecule has 1 heterocycles. The van der Waals surface area contributed by atoms with Gasteiger partial charge in [-0.15, -0.1) is 11.6 Å². The Morgan fingerprint density at radius 3 is 2.90 bits per heavy atom. The summed E-state index contributed by atoms with van der Waals surface area (Å²) in [6.07, 6.45) is -0.271. The number of morpholine rings is 1. The summed E-state index contributed by atoms with van der Waals surface area (Å²) in [7, 11) is 1.38. The lowest BCUT2D eigenvalue weighted by Crippen LogP contribution is -2.49. The summed E-state index contributed by atoms with van der Waals surface area (Å²) in [5.41, 5.74) is 0.297. The van der Waals surface area contributed by atoms with Gasteiger partial charge in [0, 0.05) is 18.7 Å². The molecular formula is C14H17ClFNO3. The number of benzene rings is 1. The van der Waals surface area contributed by atoms with Crippen LogP contribution in [0.25, 0.3) is 0 Å². The Hall–Kier alpha value is -1.33. The lowest BCUT2D eigenvalue weighted by molar-refractivity contribution is -0.0570. The summed E-state index contributed by atoms with van der Waals surface area (Å²) in [6, 6.07) is 4.20. The molecule has 0 saturated carbocycles. The first kappa shape index (κ1) is 15.1. The van der Waals surface area contributed by atoms with Gasteiger partial charge in [0.05, 0.1) is 25.2 Å². The molecule has 20 heavy (non-hydrogen) atoms. The van der Waals surface area contributed by atoms with Gasteiger partial charge in [-0.2, -0.15) is 0 Å². The van der Waals surface area contributed by atoms with E-state index in [4.69, 9.17) is 21.1 Å². The lowest BCUT2D eigenvalue weighted by atomic mass is 10.1. The second-order valence-corrected chi connectivity index (χ2v) is 5.09. The number of methoxy groups -OCH3 is 1. The third kappa shape index (κ3) is 3.22. The summed E-state index contributed by atoms with van der Waals surface area (Å²) >= 11 is 5.79. The highest BCUT2D eigenvalue weighted by Crippen LogP contribution is 2.20. The molecule has 0 N–H and O–H groups in total. The number of carbonyl (C=O) groups excluding carboxylic acids is 1. The van der Waals surface area contributed by atoms with Gasteiger partial charge < -0.3 is 14.4 Å². The first-order chi connectivity index (χ1) is 9.55. The van der Waals surface area contributed by atoms with E-state index in [0.717, 1.165) is 0 Å². The Morgan fingerprint density at radius 1 is 1.55 bits per heavy atom. The molecule has 1 saturated heterocycles. The summed E-state index contributed by atoms with van der Waals surface area (Å²) < 4.78 is 24.1. The summed E-state index contributed by atoms with van der Waals surface area (Å²) in [6.45, 7) is 2.77. The molecule has 1 aliphatic rings. The summed E-state index contributed by atoms with van der Waals surface area (Å²) in [5.74, 6) is -0.327. The number of hydrogen-bond acceptors (Lipinski definition) is 3. The van der Waals surface area contributed by atoms with E-state index >= 15 is 0 Å². The molecule has 1 aromatic carbocycles. The molecule has 1 aliphatic heterocycles. The quantitative estimate of drug-likeness (QED) is 0.804. The highest BCUT2D eigenvalue weighted by Gasteiger charge is 2.28. The van der Waals surface area contributed by atoms with Gasteiger partial charge in [-0.3, -0.25) is 4.79 Å². The van der Waals surface area contributed by atoms with Gasteiger partial charge in [-0.1, -0.05) is 0 Å². The van der Waals surface area contributed by atoms with Gasteiger partial charge in [0.15, 0.2) is 11.6 Å². The number of rotatable bonds is 3. The zero-order valence-electron chi connectivity index (χ0n) is 11.4. The molecule has 0 bridgehead atoms. The van der Waals surface area contributed by atoms with Crippen molar-refractivity contribution in [3.05, 3.63) is 29.6 Å². The SMILES string of the molecule is COc1ccc(C(=O)N2CC(C)OC(CCl)C2)cc1F. The van der Waals surface area contributed by atoms with Gasteiger partial charge in [-0.25, -0.2) is 4.39 Å². The molecule has 110 valence electrons. The number of hydrogen-bond donors (Lipinski definition) is 0. The van der Waals surface area contributed by atoms with Crippen LogP contribution in [0.5, 0.6) is 5.75 Å². The van der Waals surface area contributed by atoms with Crippen LogP contribution in [-0.4, -0.2) is 49.1 Å². The van der Waals surface area contributed by atoms with E-state index in [1.54, 1.807) is 11.0 Å². The first-order valence-corrected chi connectivity index (χ1v) is 6.92. The molecule has 0 spiro atoms. The molecule has 1 fully saturated rings. The van der Waals surface area contributed by atoms with Crippen molar-refractivity contribution in [2.24, 2.45) is 0 Å². The summed E-state index contributed by atoms with van der Waals surface area (Å²) in [4.78, 5) is 14.0. The minimum Gasteiger partial charge on any atom is -0.494 e. The molecular weight excluding hydrogens is 285 g/mol. The van der Waals surface area contributed by atoms with Crippen LogP contribution in [0.4, 0.5) is 4.39 Å². The maximum atomic E-state index is 13.7. The van der Waals surface area contributed by atoms with Crippen LogP contribution in [-0.2, 0) is 4.74 Å². The van der Waals surface area contributed by atoms with Crippen LogP contribution in [0.3, 0.4) is 0 Å². The van der Waals surface area contributed by atoms with E-state index in [9.17, 15) is 9.18 Å². The predicted octanol–water partition coefficient (Wildman–Crippen LogP) is 2.30. The monoisotopic (exact) mass is 301 g/mol. The molecule has 2 unspecified atom stereocenters. The minimum absolute atomic E-state index is 0.0838. The average molecular weight is 302 g/mol. The third-order valence-electron chi connectivity index (χ3n) is 3.18. The predicted molar refractivity (Wildman–Crippen MR) is 73.9 cm³/mol. The molecule has 2 rings (SSSR count). The van der Waals surface area contributed by atoms with Crippen LogP contribution < -0.4 is 4.74 Å². The number of amides is 1. The fourth-order valence-electron chi connectivity index (χ4n) is 2.28. The molecule has 1 amide bonds. The highest BCUT2D eigenvalue weighted by atomic mass is 35.5. The van der Waals surface area contributed by atoms with Crippen molar-refractivity contribution in [1.29, 1.82) is 0 Å². The van der Waals surface area contributed by atoms with Crippen LogP contribution in [0, 0.1) is 5.82 Å². The van der Waals surface area contributed by atoms with Gasteiger partial charge in [-0.05, 0) is 25.1 Å². The average Bonchev–Trinajstić information content (AvgIpc) is 2.45. The fourth-order valence-corrected chi connectivity index (χ4v) is 2.45. The van der Waals surface area contributed by atoms with E-state index in [-0.39, 0.29) is 23.9 Å². The van der Waals surface area contributed by atoms with Crippen molar-refractivity contribution < 1.29 is 18.7 Å². The minimum atomic E-state index is -0.548. The number of carbonyl (C=O) groups is 1. The maximum absolute atomic E-state index is 13.7. The van der Waals surface area contributed by atoms with Crippen LogP contribution in [0.1, 0.15) is 17.3 Å². The molecule has 0 aliphatic carbocycles. The Bertz CT molecular complexity index is 497. The standard InChI is InChI=1S/C14H17ClFNO3/c1-9-7-17(8-11(6-15)20-9)14(18)10-3-4-13(19-2)12(16)5-10/h3-5,9,11H,6-8H2,1-2H3. The Balaban J connectivity index is 2.16. The number of halogens is 2. The lowest BCUT2D eigenvalue weighted by Gasteiger charge is -2.36. The van der Waals surface area contributed by atoms with Crippen molar-refractivity contribution in [2.45, 2.75) is 19.1 Å². The fraction of sp³-hybridized carbons (Fsp3) is 0.500.